The van der Waals surface area contributed by atoms with E-state index in [-0.39, 0.29) is 33.6 Å². The van der Waals surface area contributed by atoms with Crippen LogP contribution in [0.25, 0.3) is 0 Å². The molecule has 2 aromatic rings. The van der Waals surface area contributed by atoms with E-state index in [9.17, 15) is 18.5 Å². The van der Waals surface area contributed by atoms with Crippen LogP contribution in [0.4, 0.5) is 5.69 Å². The molecule has 7 nitrogen and oxygen atoms in total. The second-order valence-corrected chi connectivity index (χ2v) is 7.34. The summed E-state index contributed by atoms with van der Waals surface area (Å²) in [5, 5.41) is 11.5. The zero-order chi connectivity index (χ0) is 18.8. The van der Waals surface area contributed by atoms with E-state index in [0.29, 0.717) is 0 Å². The SMILES string of the molecule is COc1ccc(OS(=O)(=O)c2ccc(C)cc2)c(C(C)C)c1[N+](=O)[O-]. The van der Waals surface area contributed by atoms with Crippen molar-refractivity contribution in [3.63, 3.8) is 0 Å². The van der Waals surface area contributed by atoms with Gasteiger partial charge in [-0.25, -0.2) is 0 Å². The first-order chi connectivity index (χ1) is 11.7. The van der Waals surface area contributed by atoms with Crippen LogP contribution in [0.5, 0.6) is 11.5 Å². The van der Waals surface area contributed by atoms with E-state index in [2.05, 4.69) is 0 Å². The summed E-state index contributed by atoms with van der Waals surface area (Å²) in [6.07, 6.45) is 0. The summed E-state index contributed by atoms with van der Waals surface area (Å²) in [4.78, 5) is 10.8. The van der Waals surface area contributed by atoms with Crippen molar-refractivity contribution in [2.24, 2.45) is 0 Å². The lowest BCUT2D eigenvalue weighted by Crippen LogP contribution is -2.12. The number of benzene rings is 2. The molecule has 0 spiro atoms. The first kappa shape index (κ1) is 18.7. The minimum absolute atomic E-state index is 0.0220. The van der Waals surface area contributed by atoms with Crippen LogP contribution in [-0.2, 0) is 10.1 Å². The molecule has 0 saturated carbocycles. The number of hydrogen-bond acceptors (Lipinski definition) is 6. The van der Waals surface area contributed by atoms with Crippen LogP contribution in [0.15, 0.2) is 41.3 Å². The van der Waals surface area contributed by atoms with Gasteiger partial charge in [-0.05, 0) is 37.1 Å². The van der Waals surface area contributed by atoms with Crippen LogP contribution < -0.4 is 8.92 Å². The number of methoxy groups -OCH3 is 1. The Balaban J connectivity index is 2.57. The Bertz CT molecular complexity index is 888. The van der Waals surface area contributed by atoms with Gasteiger partial charge in [-0.1, -0.05) is 31.5 Å². The fraction of sp³-hybridized carbons (Fsp3) is 0.294. The quantitative estimate of drug-likeness (QED) is 0.439. The molecular formula is C17H19NO6S. The molecule has 0 heterocycles. The normalized spacial score (nSPS) is 11.4. The minimum Gasteiger partial charge on any atom is -0.490 e. The molecule has 2 rings (SSSR count). The van der Waals surface area contributed by atoms with Gasteiger partial charge in [0.2, 0.25) is 0 Å². The summed E-state index contributed by atoms with van der Waals surface area (Å²) in [7, 11) is -2.80. The van der Waals surface area contributed by atoms with Gasteiger partial charge in [0.05, 0.1) is 17.6 Å². The Morgan fingerprint density at radius 2 is 1.60 bits per heavy atom. The highest BCUT2D eigenvalue weighted by Gasteiger charge is 2.29. The number of nitrogens with zero attached hydrogens (tertiary/aromatic N) is 1. The van der Waals surface area contributed by atoms with Crippen molar-refractivity contribution in [3.05, 3.63) is 57.6 Å². The highest BCUT2D eigenvalue weighted by molar-refractivity contribution is 7.87. The first-order valence-electron chi connectivity index (χ1n) is 7.53. The standard InChI is InChI=1S/C17H19NO6S/c1-11(2)16-14(9-10-15(23-4)17(16)18(19)20)24-25(21,22)13-7-5-12(3)6-8-13/h5-11H,1-4H3. The summed E-state index contributed by atoms with van der Waals surface area (Å²) >= 11 is 0. The summed E-state index contributed by atoms with van der Waals surface area (Å²) < 4.78 is 35.3. The largest absolute Gasteiger partial charge is 0.490 e. The molecule has 0 aromatic heterocycles. The second kappa shape index (κ2) is 7.10. The number of aryl methyl sites for hydroxylation is 1. The van der Waals surface area contributed by atoms with Gasteiger partial charge in [0.1, 0.15) is 4.90 Å². The van der Waals surface area contributed by atoms with Gasteiger partial charge in [-0.3, -0.25) is 10.1 Å². The van der Waals surface area contributed by atoms with Crippen LogP contribution in [-0.4, -0.2) is 20.5 Å². The van der Waals surface area contributed by atoms with E-state index < -0.39 is 15.0 Å². The molecule has 0 bridgehead atoms. The highest BCUT2D eigenvalue weighted by Crippen LogP contribution is 2.42. The first-order valence-corrected chi connectivity index (χ1v) is 8.94. The molecule has 0 unspecified atom stereocenters. The van der Waals surface area contributed by atoms with E-state index in [1.165, 1.54) is 31.4 Å². The Kier molecular flexibility index (Phi) is 5.32. The Labute approximate surface area is 146 Å². The van der Waals surface area contributed by atoms with Crippen LogP contribution >= 0.6 is 0 Å². The monoisotopic (exact) mass is 365 g/mol. The van der Waals surface area contributed by atoms with Crippen molar-refractivity contribution in [1.29, 1.82) is 0 Å². The third-order valence-electron chi connectivity index (χ3n) is 3.63. The molecule has 0 fully saturated rings. The van der Waals surface area contributed by atoms with Gasteiger partial charge in [-0.2, -0.15) is 8.42 Å². The van der Waals surface area contributed by atoms with Crippen molar-refractivity contribution >= 4 is 15.8 Å². The average Bonchev–Trinajstić information content (AvgIpc) is 2.54. The topological polar surface area (TPSA) is 95.7 Å². The molecule has 0 atom stereocenters. The lowest BCUT2D eigenvalue weighted by atomic mass is 9.99. The van der Waals surface area contributed by atoms with Crippen LogP contribution in [0.3, 0.4) is 0 Å². The van der Waals surface area contributed by atoms with E-state index in [1.54, 1.807) is 26.0 Å². The van der Waals surface area contributed by atoms with Gasteiger partial charge in [0.15, 0.2) is 11.5 Å². The molecule has 0 aliphatic rings. The lowest BCUT2D eigenvalue weighted by Gasteiger charge is -2.15. The Morgan fingerprint density at radius 1 is 1.04 bits per heavy atom. The van der Waals surface area contributed by atoms with E-state index in [0.717, 1.165) is 5.56 Å². The van der Waals surface area contributed by atoms with Crippen LogP contribution in [0, 0.1) is 17.0 Å². The maximum absolute atomic E-state index is 12.5. The van der Waals surface area contributed by atoms with Gasteiger partial charge in [0, 0.05) is 0 Å². The van der Waals surface area contributed by atoms with Gasteiger partial charge in [0.25, 0.3) is 0 Å². The van der Waals surface area contributed by atoms with Crippen molar-refractivity contribution < 1.29 is 22.3 Å². The van der Waals surface area contributed by atoms with Crippen molar-refractivity contribution in [2.45, 2.75) is 31.6 Å². The maximum atomic E-state index is 12.5. The predicted molar refractivity (Wildman–Crippen MR) is 92.7 cm³/mol. The molecule has 25 heavy (non-hydrogen) atoms. The fourth-order valence-electron chi connectivity index (χ4n) is 2.42. The van der Waals surface area contributed by atoms with E-state index in [1.807, 2.05) is 6.92 Å². The fourth-order valence-corrected chi connectivity index (χ4v) is 3.37. The van der Waals surface area contributed by atoms with Crippen molar-refractivity contribution in [2.75, 3.05) is 7.11 Å². The number of rotatable bonds is 6. The third-order valence-corrected chi connectivity index (χ3v) is 4.88. The van der Waals surface area contributed by atoms with Crippen molar-refractivity contribution in [1.82, 2.24) is 0 Å². The van der Waals surface area contributed by atoms with Gasteiger partial charge >= 0.3 is 15.8 Å². The third kappa shape index (κ3) is 3.90. The molecule has 8 heteroatoms. The average molecular weight is 365 g/mol. The van der Waals surface area contributed by atoms with E-state index in [4.69, 9.17) is 8.92 Å². The predicted octanol–water partition coefficient (Wildman–Crippen LogP) is 3.80. The summed E-state index contributed by atoms with van der Waals surface area (Å²) in [6, 6.07) is 8.85. The van der Waals surface area contributed by atoms with Crippen molar-refractivity contribution in [3.8, 4) is 11.5 Å². The van der Waals surface area contributed by atoms with Gasteiger partial charge in [-0.15, -0.1) is 0 Å². The number of ether oxygens (including phenoxy) is 1. The Morgan fingerprint density at radius 3 is 2.08 bits per heavy atom. The molecule has 0 aliphatic carbocycles. The minimum atomic E-state index is -4.11. The molecule has 0 saturated heterocycles. The second-order valence-electron chi connectivity index (χ2n) is 5.79. The molecule has 0 radical (unpaired) electrons. The summed E-state index contributed by atoms with van der Waals surface area (Å²) in [5.41, 5.74) is 0.774. The molecule has 0 aliphatic heterocycles. The molecule has 0 amide bonds. The molecule has 134 valence electrons. The number of hydrogen-bond donors (Lipinski definition) is 0. The van der Waals surface area contributed by atoms with E-state index >= 15 is 0 Å². The molecule has 0 N–H and O–H groups in total. The highest BCUT2D eigenvalue weighted by atomic mass is 32.2. The zero-order valence-corrected chi connectivity index (χ0v) is 15.2. The molecular weight excluding hydrogens is 346 g/mol. The Hall–Kier alpha value is -2.61. The summed E-state index contributed by atoms with van der Waals surface area (Å²) in [5.74, 6) is -0.379. The smallest absolute Gasteiger partial charge is 0.339 e. The zero-order valence-electron chi connectivity index (χ0n) is 14.3. The van der Waals surface area contributed by atoms with Gasteiger partial charge < -0.3 is 8.92 Å². The van der Waals surface area contributed by atoms with Crippen LogP contribution in [0.2, 0.25) is 0 Å². The maximum Gasteiger partial charge on any atom is 0.339 e. The number of nitro groups is 1. The lowest BCUT2D eigenvalue weighted by molar-refractivity contribution is -0.386. The number of nitro benzene ring substituents is 1. The van der Waals surface area contributed by atoms with Crippen LogP contribution in [0.1, 0.15) is 30.9 Å². The summed E-state index contributed by atoms with van der Waals surface area (Å²) in [6.45, 7) is 5.27. The molecule has 2 aromatic carbocycles.